The fourth-order valence-electron chi connectivity index (χ4n) is 2.19. The molecule has 2 heterocycles. The quantitative estimate of drug-likeness (QED) is 0.679. The number of rotatable bonds is 1. The van der Waals surface area contributed by atoms with Gasteiger partial charge in [-0.2, -0.15) is 0 Å². The van der Waals surface area contributed by atoms with Gasteiger partial charge in [-0.3, -0.25) is 10.6 Å². The van der Waals surface area contributed by atoms with Crippen molar-refractivity contribution >= 4 is 5.69 Å². The van der Waals surface area contributed by atoms with E-state index in [1.54, 1.807) is 0 Å². The molecule has 0 aromatic heterocycles. The van der Waals surface area contributed by atoms with Gasteiger partial charge in [-0.25, -0.2) is 0 Å². The highest BCUT2D eigenvalue weighted by atomic mass is 15.4. The lowest BCUT2D eigenvalue weighted by Gasteiger charge is -2.25. The largest absolute Gasteiger partial charge is 0.336 e. The van der Waals surface area contributed by atoms with Crippen LogP contribution in [0, 0.1) is 6.29 Å². The lowest BCUT2D eigenvalue weighted by atomic mass is 10.2. The summed E-state index contributed by atoms with van der Waals surface area (Å²) in [4.78, 5) is 2.34. The summed E-state index contributed by atoms with van der Waals surface area (Å²) in [7, 11) is 0. The Hall–Kier alpha value is -1.06. The van der Waals surface area contributed by atoms with Gasteiger partial charge in [0.15, 0.2) is 6.29 Å². The zero-order valence-electron chi connectivity index (χ0n) is 8.09. The van der Waals surface area contributed by atoms with Gasteiger partial charge >= 0.3 is 0 Å². The minimum atomic E-state index is 1.04. The molecular formula is C11H14N3. The molecule has 0 unspecified atom stereocenters. The first-order valence-corrected chi connectivity index (χ1v) is 5.15. The fourth-order valence-corrected chi connectivity index (χ4v) is 2.19. The molecule has 1 saturated heterocycles. The number of fused-ring (bicyclic) bond motifs is 1. The maximum atomic E-state index is 3.37. The second-order valence-electron chi connectivity index (χ2n) is 3.73. The van der Waals surface area contributed by atoms with Crippen LogP contribution in [0.15, 0.2) is 24.3 Å². The fraction of sp³-hybridized carbons (Fsp3) is 0.364. The molecule has 14 heavy (non-hydrogen) atoms. The van der Waals surface area contributed by atoms with Crippen molar-refractivity contribution in [3.63, 3.8) is 0 Å². The van der Waals surface area contributed by atoms with Crippen LogP contribution in [0.25, 0.3) is 0 Å². The van der Waals surface area contributed by atoms with Gasteiger partial charge in [-0.05, 0) is 18.1 Å². The van der Waals surface area contributed by atoms with E-state index >= 15 is 0 Å². The third-order valence-corrected chi connectivity index (χ3v) is 2.87. The summed E-state index contributed by atoms with van der Waals surface area (Å²) in [5.41, 5.74) is 2.81. The maximum absolute atomic E-state index is 3.37. The summed E-state index contributed by atoms with van der Waals surface area (Å²) >= 11 is 0. The monoisotopic (exact) mass is 188 g/mol. The summed E-state index contributed by atoms with van der Waals surface area (Å²) in [6.45, 7) is 3.16. The molecule has 73 valence electrons. The lowest BCUT2D eigenvalue weighted by molar-refractivity contribution is 0.677. The summed E-state index contributed by atoms with van der Waals surface area (Å²) in [6, 6.07) is 8.62. The van der Waals surface area contributed by atoms with E-state index in [2.05, 4.69) is 39.8 Å². The Morgan fingerprint density at radius 3 is 2.71 bits per heavy atom. The number of anilines is 1. The van der Waals surface area contributed by atoms with Crippen LogP contribution < -0.4 is 15.5 Å². The predicted octanol–water partition coefficient (Wildman–Crippen LogP) is 0.689. The van der Waals surface area contributed by atoms with E-state index < -0.39 is 0 Å². The Balaban J connectivity index is 1.89. The molecule has 3 rings (SSSR count). The van der Waals surface area contributed by atoms with Crippen LogP contribution >= 0.6 is 0 Å². The molecule has 1 aromatic rings. The van der Waals surface area contributed by atoms with Crippen LogP contribution in [0.5, 0.6) is 0 Å². The Labute approximate surface area is 84.1 Å². The third kappa shape index (κ3) is 1.21. The molecule has 1 fully saturated rings. The summed E-state index contributed by atoms with van der Waals surface area (Å²) in [6.07, 6.45) is 2.33. The number of para-hydroxylation sites is 1. The molecule has 3 nitrogen and oxygen atoms in total. The highest BCUT2D eigenvalue weighted by Crippen LogP contribution is 2.30. The molecule has 3 heteroatoms. The van der Waals surface area contributed by atoms with Gasteiger partial charge in [0.1, 0.15) is 0 Å². The van der Waals surface area contributed by atoms with Crippen LogP contribution in [-0.4, -0.2) is 19.6 Å². The Morgan fingerprint density at radius 2 is 1.86 bits per heavy atom. The number of nitrogens with one attached hydrogen (secondary N) is 2. The summed E-state index contributed by atoms with van der Waals surface area (Å²) in [5, 5.41) is 6.74. The molecule has 1 aromatic carbocycles. The SMILES string of the molecule is c1ccc2c(c1)CCN2[C]1NCCN1. The highest BCUT2D eigenvalue weighted by Gasteiger charge is 2.28. The van der Waals surface area contributed by atoms with Gasteiger partial charge in [0.2, 0.25) is 0 Å². The van der Waals surface area contributed by atoms with Gasteiger partial charge in [0.05, 0.1) is 0 Å². The van der Waals surface area contributed by atoms with E-state index in [1.807, 2.05) is 0 Å². The van der Waals surface area contributed by atoms with E-state index in [0.29, 0.717) is 0 Å². The minimum absolute atomic E-state index is 1.04. The molecule has 0 bridgehead atoms. The first-order valence-electron chi connectivity index (χ1n) is 5.15. The van der Waals surface area contributed by atoms with Crippen LogP contribution in [-0.2, 0) is 6.42 Å². The van der Waals surface area contributed by atoms with E-state index in [1.165, 1.54) is 17.5 Å². The topological polar surface area (TPSA) is 27.3 Å². The van der Waals surface area contributed by atoms with Crippen molar-refractivity contribution in [2.45, 2.75) is 6.42 Å². The number of hydrogen-bond donors (Lipinski definition) is 2. The van der Waals surface area contributed by atoms with Crippen molar-refractivity contribution in [3.8, 4) is 0 Å². The minimum Gasteiger partial charge on any atom is -0.336 e. The van der Waals surface area contributed by atoms with Gasteiger partial charge < -0.3 is 4.90 Å². The predicted molar refractivity (Wildman–Crippen MR) is 56.7 cm³/mol. The molecule has 0 atom stereocenters. The van der Waals surface area contributed by atoms with Crippen molar-refractivity contribution in [1.29, 1.82) is 0 Å². The Bertz CT molecular complexity index is 331. The van der Waals surface area contributed by atoms with Crippen molar-refractivity contribution in [3.05, 3.63) is 36.1 Å². The molecule has 0 saturated carbocycles. The number of nitrogens with zero attached hydrogens (tertiary/aromatic N) is 1. The normalized spacial score (nSPS) is 21.6. The zero-order chi connectivity index (χ0) is 9.38. The first-order chi connectivity index (χ1) is 6.95. The Morgan fingerprint density at radius 1 is 1.07 bits per heavy atom. The van der Waals surface area contributed by atoms with Gasteiger partial charge in [0.25, 0.3) is 0 Å². The standard InChI is InChI=1S/C11H14N3/c1-2-4-10-9(3-1)5-8-14(10)11-12-6-7-13-11/h1-4,12-13H,5-8H2. The van der Waals surface area contributed by atoms with Crippen LogP contribution in [0.4, 0.5) is 5.69 Å². The van der Waals surface area contributed by atoms with Crippen molar-refractivity contribution < 1.29 is 0 Å². The molecule has 1 radical (unpaired) electrons. The van der Waals surface area contributed by atoms with Crippen molar-refractivity contribution in [1.82, 2.24) is 10.6 Å². The zero-order valence-corrected chi connectivity index (χ0v) is 8.09. The lowest BCUT2D eigenvalue weighted by Crippen LogP contribution is -2.39. The molecule has 2 N–H and O–H groups in total. The number of benzene rings is 1. The van der Waals surface area contributed by atoms with Crippen LogP contribution in [0.3, 0.4) is 0 Å². The molecular weight excluding hydrogens is 174 g/mol. The van der Waals surface area contributed by atoms with Crippen molar-refractivity contribution in [2.24, 2.45) is 0 Å². The second kappa shape index (κ2) is 3.26. The van der Waals surface area contributed by atoms with Crippen LogP contribution in [0.1, 0.15) is 5.56 Å². The van der Waals surface area contributed by atoms with E-state index in [0.717, 1.165) is 26.1 Å². The summed E-state index contributed by atoms with van der Waals surface area (Å²) in [5.74, 6) is 0. The maximum Gasteiger partial charge on any atom is 0.199 e. The molecule has 2 aliphatic rings. The van der Waals surface area contributed by atoms with Gasteiger partial charge in [0, 0.05) is 25.3 Å². The molecule has 0 spiro atoms. The molecule has 0 aliphatic carbocycles. The number of hydrogen-bond acceptors (Lipinski definition) is 3. The van der Waals surface area contributed by atoms with E-state index in [4.69, 9.17) is 0 Å². The van der Waals surface area contributed by atoms with Gasteiger partial charge in [-0.1, -0.05) is 18.2 Å². The highest BCUT2D eigenvalue weighted by molar-refractivity contribution is 5.60. The second-order valence-corrected chi connectivity index (χ2v) is 3.73. The van der Waals surface area contributed by atoms with E-state index in [9.17, 15) is 0 Å². The van der Waals surface area contributed by atoms with Gasteiger partial charge in [-0.15, -0.1) is 0 Å². The molecule has 0 amide bonds. The third-order valence-electron chi connectivity index (χ3n) is 2.87. The van der Waals surface area contributed by atoms with Crippen molar-refractivity contribution in [2.75, 3.05) is 24.5 Å². The van der Waals surface area contributed by atoms with E-state index in [-0.39, 0.29) is 0 Å². The smallest absolute Gasteiger partial charge is 0.199 e. The average Bonchev–Trinajstić information content (AvgIpc) is 2.85. The first kappa shape index (κ1) is 8.26. The molecule has 2 aliphatic heterocycles. The summed E-state index contributed by atoms with van der Waals surface area (Å²) < 4.78 is 0. The van der Waals surface area contributed by atoms with Crippen LogP contribution in [0.2, 0.25) is 0 Å². The Kier molecular flexibility index (Phi) is 1.92. The average molecular weight is 188 g/mol.